The Morgan fingerprint density at radius 1 is 0.611 bits per heavy atom. The molecule has 1 unspecified atom stereocenters. The van der Waals surface area contributed by atoms with Crippen LogP contribution in [0.25, 0.3) is 0 Å². The summed E-state index contributed by atoms with van der Waals surface area (Å²) in [4.78, 5) is 27.8. The second-order valence-electron chi connectivity index (χ2n) is 12.6. The van der Waals surface area contributed by atoms with Gasteiger partial charge in [0.25, 0.3) is 0 Å². The van der Waals surface area contributed by atoms with E-state index in [4.69, 9.17) is 52.6 Å². The molecule has 0 aromatic heterocycles. The van der Waals surface area contributed by atoms with Crippen molar-refractivity contribution >= 4 is 55.1 Å². The van der Waals surface area contributed by atoms with Gasteiger partial charge in [-0.25, -0.2) is 0 Å². The summed E-state index contributed by atoms with van der Waals surface area (Å²) in [6, 6.07) is 0. The zero-order chi connectivity index (χ0) is 42.4. The first kappa shape index (κ1) is 89.6. The Balaban J connectivity index is -0.0000000329. The summed E-state index contributed by atoms with van der Waals surface area (Å²) in [6.07, 6.45) is -1.77. The lowest BCUT2D eigenvalue weighted by Gasteiger charge is -2.23. The molecule has 0 heterocycles. The molecular weight excluding hydrogens is 804 g/mol. The number of carboxylic acids is 2. The summed E-state index contributed by atoms with van der Waals surface area (Å²) in [6.45, 7) is 12.7. The van der Waals surface area contributed by atoms with Gasteiger partial charge in [-0.2, -0.15) is 0 Å². The van der Waals surface area contributed by atoms with Crippen molar-refractivity contribution in [3.63, 3.8) is 0 Å². The van der Waals surface area contributed by atoms with Crippen molar-refractivity contribution in [1.82, 2.24) is 0 Å². The van der Waals surface area contributed by atoms with Crippen LogP contribution in [-0.2, 0) is 19.1 Å². The Labute approximate surface area is 352 Å². The minimum atomic E-state index is -1.63. The topological polar surface area (TPSA) is 332 Å². The number of rotatable bonds is 13. The number of nitrogens with two attached hydrogens (primary N) is 4. The van der Waals surface area contributed by atoms with E-state index in [1.165, 1.54) is 6.92 Å². The van der Waals surface area contributed by atoms with Crippen LogP contribution in [0.1, 0.15) is 34.1 Å². The van der Waals surface area contributed by atoms with Gasteiger partial charge < -0.3 is 104 Å². The molecule has 0 saturated carbocycles. The molecular formula is C31H85Cl4N7O12. The first-order valence-corrected chi connectivity index (χ1v) is 16.1. The van der Waals surface area contributed by atoms with E-state index in [-0.39, 0.29) is 95.2 Å². The molecule has 344 valence electrons. The molecule has 0 fully saturated rings. The van der Waals surface area contributed by atoms with E-state index in [1.54, 1.807) is 0 Å². The lowest BCUT2D eigenvalue weighted by molar-refractivity contribution is -0.870. The van der Waals surface area contributed by atoms with Crippen LogP contribution in [0.3, 0.4) is 0 Å². The molecule has 14 N–H and O–H groups in total. The van der Waals surface area contributed by atoms with Crippen LogP contribution in [0, 0.1) is 0 Å². The van der Waals surface area contributed by atoms with E-state index in [2.05, 4.69) is 69.2 Å². The van der Waals surface area contributed by atoms with Crippen LogP contribution in [0.4, 0.5) is 0 Å². The van der Waals surface area contributed by atoms with E-state index >= 15 is 0 Å². The SMILES string of the molecule is CC(N)=O.CCN.CCN.CCN.C[N+](C)(C)CCO.C[N+](C)(C)CCO.C[N+](C)(C)CCOCC(O)CO.Cl.Cl.Cl.O=C([O-])CC(=O)[O-].OCCO.[Cl-]. The number of ether oxygens (including phenoxy) is 1. The van der Waals surface area contributed by atoms with Gasteiger partial charge in [0.05, 0.1) is 110 Å². The van der Waals surface area contributed by atoms with E-state index in [1.807, 2.05) is 20.8 Å². The molecule has 23 heteroatoms. The maximum Gasteiger partial charge on any atom is 0.214 e. The number of hydrogen-bond donors (Lipinski definition) is 10. The number of aliphatic hydroxyl groups excluding tert-OH is 6. The van der Waals surface area contributed by atoms with Crippen molar-refractivity contribution in [2.45, 2.75) is 40.2 Å². The van der Waals surface area contributed by atoms with Crippen molar-refractivity contribution < 1.29 is 85.8 Å². The molecule has 0 aliphatic heterocycles. The van der Waals surface area contributed by atoms with Gasteiger partial charge in [-0.05, 0) is 19.6 Å². The lowest BCUT2D eigenvalue weighted by Crippen LogP contribution is -3.00. The third kappa shape index (κ3) is 263. The third-order valence-electron chi connectivity index (χ3n) is 3.36. The zero-order valence-electron chi connectivity index (χ0n) is 35.4. The van der Waals surface area contributed by atoms with E-state index in [0.29, 0.717) is 6.61 Å². The Kier molecular flexibility index (Phi) is 116. The number of hydrogen-bond acceptors (Lipinski definition) is 15. The van der Waals surface area contributed by atoms with Crippen molar-refractivity contribution in [2.75, 3.05) is 149 Å². The minimum Gasteiger partial charge on any atom is -1.00 e. The van der Waals surface area contributed by atoms with E-state index in [0.717, 1.165) is 52.7 Å². The number of likely N-dealkylation sites (N-methyl/N-ethyl adjacent to an activating group) is 3. The van der Waals surface area contributed by atoms with Crippen LogP contribution >= 0.6 is 37.2 Å². The molecule has 54 heavy (non-hydrogen) atoms. The maximum absolute atomic E-state index is 9.28. The van der Waals surface area contributed by atoms with Crippen LogP contribution in [0.15, 0.2) is 0 Å². The predicted molar refractivity (Wildman–Crippen MR) is 216 cm³/mol. The summed E-state index contributed by atoms with van der Waals surface area (Å²) < 4.78 is 7.67. The summed E-state index contributed by atoms with van der Waals surface area (Å²) >= 11 is 0. The molecule has 0 aliphatic rings. The standard InChI is InChI=1S/C8H20NO3.2C5H14NO.C3H4O4.C2H5NO.3C2H7N.C2H6O2.4ClH/c1-9(2,3)4-5-12-7-8(11)6-10;2*1-6(2,3)4-5-7;4-2(5)1-3(6)7;1-2(3)4;3*1-2-3;3-1-2-4;;;;/h8,10-11H,4-7H2,1-3H3;2*7H,4-5H2,1-3H3;1H2,(H,4,5)(H,6,7);1H3,(H2,3,4);3*2-3H2,1H3;3-4H,1-2H2;4*1H/q3*+1;;;;;;;;;;/p-3. The highest BCUT2D eigenvalue weighted by molar-refractivity contribution is 5.86. The molecule has 0 aliphatic carbocycles. The Hall–Kier alpha value is -0.950. The molecule has 0 bridgehead atoms. The number of halogens is 4. The van der Waals surface area contributed by atoms with Crippen molar-refractivity contribution in [3.8, 4) is 0 Å². The van der Waals surface area contributed by atoms with Gasteiger partial charge in [0, 0.05) is 25.3 Å². The van der Waals surface area contributed by atoms with Gasteiger partial charge in [-0.3, -0.25) is 4.79 Å². The van der Waals surface area contributed by atoms with Gasteiger partial charge in [0.2, 0.25) is 5.91 Å². The van der Waals surface area contributed by atoms with Crippen LogP contribution in [-0.4, -0.2) is 217 Å². The second-order valence-corrected chi connectivity index (χ2v) is 12.6. The fourth-order valence-electron chi connectivity index (χ4n) is 1.33. The number of nitrogens with zero attached hydrogens (tertiary/aromatic N) is 3. The van der Waals surface area contributed by atoms with Crippen LogP contribution in [0.2, 0.25) is 0 Å². The smallest absolute Gasteiger partial charge is 0.214 e. The Morgan fingerprint density at radius 2 is 0.833 bits per heavy atom. The molecule has 0 saturated heterocycles. The molecule has 0 rings (SSSR count). The fourth-order valence-corrected chi connectivity index (χ4v) is 1.33. The maximum atomic E-state index is 9.28. The van der Waals surface area contributed by atoms with Crippen LogP contribution < -0.4 is 45.6 Å². The molecule has 0 aromatic carbocycles. The highest BCUT2D eigenvalue weighted by Crippen LogP contribution is 1.90. The Morgan fingerprint density at radius 3 is 0.926 bits per heavy atom. The quantitative estimate of drug-likeness (QED) is 0.0467. The first-order valence-electron chi connectivity index (χ1n) is 16.1. The third-order valence-corrected chi connectivity index (χ3v) is 3.36. The normalized spacial score (nSPS) is 9.44. The van der Waals surface area contributed by atoms with Crippen LogP contribution in [0.5, 0.6) is 0 Å². The van der Waals surface area contributed by atoms with Gasteiger partial charge in [-0.1, -0.05) is 20.8 Å². The summed E-state index contributed by atoms with van der Waals surface area (Å²) in [5.74, 6) is -3.58. The summed E-state index contributed by atoms with van der Waals surface area (Å²) in [5, 5.41) is 67.9. The fraction of sp³-hybridized carbons (Fsp3) is 0.903. The van der Waals surface area contributed by atoms with Gasteiger partial charge in [0.15, 0.2) is 0 Å². The highest BCUT2D eigenvalue weighted by Gasteiger charge is 2.07. The Bertz CT molecular complexity index is 629. The molecule has 0 aromatic rings. The largest absolute Gasteiger partial charge is 1.00 e. The second kappa shape index (κ2) is 69.9. The van der Waals surface area contributed by atoms with Crippen molar-refractivity contribution in [2.24, 2.45) is 22.9 Å². The number of primary amides is 1. The van der Waals surface area contributed by atoms with E-state index in [9.17, 15) is 24.6 Å². The van der Waals surface area contributed by atoms with Crippen molar-refractivity contribution in [1.29, 1.82) is 0 Å². The van der Waals surface area contributed by atoms with Gasteiger partial charge in [-0.15, -0.1) is 37.2 Å². The highest BCUT2D eigenvalue weighted by atomic mass is 35.5. The summed E-state index contributed by atoms with van der Waals surface area (Å²) in [7, 11) is 18.5. The van der Waals surface area contributed by atoms with Gasteiger partial charge in [0.1, 0.15) is 25.7 Å². The molecule has 19 nitrogen and oxygen atoms in total. The molecule has 1 atom stereocenters. The van der Waals surface area contributed by atoms with Gasteiger partial charge >= 0.3 is 0 Å². The first-order chi connectivity index (χ1) is 22.6. The predicted octanol–water partition coefficient (Wildman–Crippen LogP) is -8.06. The monoisotopic (exact) mass is 888 g/mol. The lowest BCUT2D eigenvalue weighted by atomic mass is 10.4. The number of quaternary nitrogens is 3. The number of carboxylic acid groups (broad SMARTS) is 2. The minimum absolute atomic E-state index is 0. The number of carbonyl (C=O) groups is 3. The zero-order valence-corrected chi connectivity index (χ0v) is 38.6. The average Bonchev–Trinajstić information content (AvgIpc) is 2.90. The van der Waals surface area contributed by atoms with Crippen molar-refractivity contribution in [3.05, 3.63) is 0 Å². The summed E-state index contributed by atoms with van der Waals surface area (Å²) in [5.41, 5.74) is 19.0. The number of aliphatic carboxylic acids is 2. The molecule has 0 spiro atoms. The van der Waals surface area contributed by atoms with E-state index < -0.39 is 24.5 Å². The number of carbonyl (C=O) groups excluding carboxylic acids is 3. The number of amides is 1. The molecule has 1 amide bonds. The molecule has 0 radical (unpaired) electrons. The average molecular weight is 890 g/mol. The number of aliphatic hydroxyl groups is 6.